The minimum atomic E-state index is -0.0540. The number of rotatable bonds is 5. The van der Waals surface area contributed by atoms with Gasteiger partial charge in [-0.1, -0.05) is 35.5 Å². The molecule has 1 aromatic heterocycles. The van der Waals surface area contributed by atoms with E-state index in [0.29, 0.717) is 24.0 Å². The molecule has 0 radical (unpaired) electrons. The van der Waals surface area contributed by atoms with Gasteiger partial charge in [0.2, 0.25) is 0 Å². The molecule has 0 bridgehead atoms. The van der Waals surface area contributed by atoms with E-state index >= 15 is 0 Å². The van der Waals surface area contributed by atoms with E-state index < -0.39 is 0 Å². The van der Waals surface area contributed by atoms with Crippen molar-refractivity contribution in [2.24, 2.45) is 5.92 Å². The molecule has 0 aliphatic carbocycles. The third-order valence-electron chi connectivity index (χ3n) is 4.00. The van der Waals surface area contributed by atoms with Crippen molar-refractivity contribution in [1.82, 2.24) is 10.1 Å². The number of carbonyl (C=O) groups excluding carboxylic acids is 1. The molecule has 0 spiro atoms. The van der Waals surface area contributed by atoms with Crippen LogP contribution in [0.4, 0.5) is 0 Å². The summed E-state index contributed by atoms with van der Waals surface area (Å²) in [4.78, 5) is 14.3. The smallest absolute Gasteiger partial charge is 0.276 e. The highest BCUT2D eigenvalue weighted by atomic mass is 16.5. The zero-order valence-electron chi connectivity index (χ0n) is 12.7. The van der Waals surface area contributed by atoms with Crippen molar-refractivity contribution in [3.63, 3.8) is 0 Å². The molecule has 1 amide bonds. The molecule has 1 unspecified atom stereocenters. The van der Waals surface area contributed by atoms with E-state index in [0.717, 1.165) is 25.9 Å². The van der Waals surface area contributed by atoms with Gasteiger partial charge in [0, 0.05) is 26.3 Å². The van der Waals surface area contributed by atoms with Gasteiger partial charge in [0.25, 0.3) is 5.91 Å². The first-order valence-electron chi connectivity index (χ1n) is 7.54. The van der Waals surface area contributed by atoms with Gasteiger partial charge in [-0.15, -0.1) is 0 Å². The normalized spacial score (nSPS) is 17.9. The second-order valence-electron chi connectivity index (χ2n) is 5.71. The van der Waals surface area contributed by atoms with Crippen LogP contribution in [-0.4, -0.2) is 36.2 Å². The lowest BCUT2D eigenvalue weighted by molar-refractivity contribution is 0.0776. The second kappa shape index (κ2) is 6.75. The molecule has 116 valence electrons. The molecule has 2 heterocycles. The average molecular weight is 300 g/mol. The van der Waals surface area contributed by atoms with Gasteiger partial charge in [-0.05, 0) is 24.3 Å². The fraction of sp³-hybridized carbons (Fsp3) is 0.412. The summed E-state index contributed by atoms with van der Waals surface area (Å²) in [5.74, 6) is 1.03. The number of nitrogens with zero attached hydrogens (tertiary/aromatic N) is 2. The van der Waals surface area contributed by atoms with Crippen LogP contribution in [0.25, 0.3) is 0 Å². The Morgan fingerprint density at radius 2 is 2.23 bits per heavy atom. The van der Waals surface area contributed by atoms with Gasteiger partial charge in [-0.3, -0.25) is 4.79 Å². The summed E-state index contributed by atoms with van der Waals surface area (Å²) in [6.45, 7) is 1.89. The summed E-state index contributed by atoms with van der Waals surface area (Å²) in [6, 6.07) is 12.1. The molecule has 1 saturated heterocycles. The number of hydrogen-bond donors (Lipinski definition) is 0. The molecule has 1 aromatic carbocycles. The molecular weight excluding hydrogens is 280 g/mol. The number of ether oxygens (including phenoxy) is 1. The van der Waals surface area contributed by atoms with Crippen LogP contribution in [0.2, 0.25) is 0 Å². The SMILES string of the molecule is COCc1cc(C(=O)N2CCC(Cc3ccccc3)C2)no1. The summed E-state index contributed by atoms with van der Waals surface area (Å²) in [7, 11) is 1.58. The standard InChI is InChI=1S/C17H20N2O3/c1-21-12-15-10-16(18-22-15)17(20)19-8-7-14(11-19)9-13-5-3-2-4-6-13/h2-6,10,14H,7-9,11-12H2,1H3. The molecule has 2 aromatic rings. The number of aromatic nitrogens is 1. The predicted octanol–water partition coefficient (Wildman–Crippen LogP) is 2.53. The maximum atomic E-state index is 12.4. The van der Waals surface area contributed by atoms with Crippen LogP contribution >= 0.6 is 0 Å². The summed E-state index contributed by atoms with van der Waals surface area (Å²) in [6.07, 6.45) is 2.04. The van der Waals surface area contributed by atoms with E-state index in [2.05, 4.69) is 29.4 Å². The molecule has 0 saturated carbocycles. The Balaban J connectivity index is 1.58. The minimum Gasteiger partial charge on any atom is -0.377 e. The van der Waals surface area contributed by atoms with Gasteiger partial charge >= 0.3 is 0 Å². The third kappa shape index (κ3) is 3.36. The van der Waals surface area contributed by atoms with Crippen LogP contribution in [0.5, 0.6) is 0 Å². The van der Waals surface area contributed by atoms with Crippen molar-refractivity contribution in [2.75, 3.05) is 20.2 Å². The molecule has 1 aliphatic rings. The fourth-order valence-electron chi connectivity index (χ4n) is 2.92. The maximum absolute atomic E-state index is 12.4. The first kappa shape index (κ1) is 14.8. The van der Waals surface area contributed by atoms with Gasteiger partial charge in [-0.2, -0.15) is 0 Å². The fourth-order valence-corrected chi connectivity index (χ4v) is 2.92. The van der Waals surface area contributed by atoms with Crippen LogP contribution in [-0.2, 0) is 17.8 Å². The largest absolute Gasteiger partial charge is 0.377 e. The number of carbonyl (C=O) groups is 1. The Bertz CT molecular complexity index is 624. The van der Waals surface area contributed by atoms with Crippen LogP contribution in [0, 0.1) is 5.92 Å². The Hall–Kier alpha value is -2.14. The highest BCUT2D eigenvalue weighted by Gasteiger charge is 2.28. The summed E-state index contributed by atoms with van der Waals surface area (Å²) < 4.78 is 10.1. The van der Waals surface area contributed by atoms with E-state index in [1.807, 2.05) is 11.0 Å². The highest BCUT2D eigenvalue weighted by Crippen LogP contribution is 2.22. The van der Waals surface area contributed by atoms with Gasteiger partial charge in [0.15, 0.2) is 11.5 Å². The van der Waals surface area contributed by atoms with Crippen molar-refractivity contribution in [3.05, 3.63) is 53.4 Å². The number of hydrogen-bond acceptors (Lipinski definition) is 4. The molecule has 1 atom stereocenters. The molecule has 5 heteroatoms. The van der Waals surface area contributed by atoms with Crippen LogP contribution in [0.3, 0.4) is 0 Å². The van der Waals surface area contributed by atoms with E-state index in [-0.39, 0.29) is 5.91 Å². The molecule has 1 fully saturated rings. The van der Waals surface area contributed by atoms with Gasteiger partial charge < -0.3 is 14.2 Å². The lowest BCUT2D eigenvalue weighted by atomic mass is 9.99. The Morgan fingerprint density at radius 3 is 3.00 bits per heavy atom. The Morgan fingerprint density at radius 1 is 1.41 bits per heavy atom. The molecule has 22 heavy (non-hydrogen) atoms. The zero-order chi connectivity index (χ0) is 15.4. The first-order chi connectivity index (χ1) is 10.8. The highest BCUT2D eigenvalue weighted by molar-refractivity contribution is 5.92. The van der Waals surface area contributed by atoms with E-state index in [1.165, 1.54) is 5.56 Å². The minimum absolute atomic E-state index is 0.0540. The summed E-state index contributed by atoms with van der Waals surface area (Å²) >= 11 is 0. The molecule has 1 aliphatic heterocycles. The molecule has 3 rings (SSSR count). The summed E-state index contributed by atoms with van der Waals surface area (Å²) in [5, 5.41) is 3.84. The van der Waals surface area contributed by atoms with Crippen LogP contribution in [0.15, 0.2) is 40.9 Å². The number of benzene rings is 1. The zero-order valence-corrected chi connectivity index (χ0v) is 12.7. The number of amides is 1. The Labute approximate surface area is 129 Å². The number of likely N-dealkylation sites (tertiary alicyclic amines) is 1. The van der Waals surface area contributed by atoms with Gasteiger partial charge in [-0.25, -0.2) is 0 Å². The van der Waals surface area contributed by atoms with E-state index in [1.54, 1.807) is 13.2 Å². The molecular formula is C17H20N2O3. The second-order valence-corrected chi connectivity index (χ2v) is 5.71. The predicted molar refractivity (Wildman–Crippen MR) is 81.4 cm³/mol. The molecule has 5 nitrogen and oxygen atoms in total. The third-order valence-corrected chi connectivity index (χ3v) is 4.00. The van der Waals surface area contributed by atoms with E-state index in [9.17, 15) is 4.79 Å². The van der Waals surface area contributed by atoms with Crippen molar-refractivity contribution in [3.8, 4) is 0 Å². The van der Waals surface area contributed by atoms with Crippen molar-refractivity contribution in [2.45, 2.75) is 19.4 Å². The van der Waals surface area contributed by atoms with Crippen LogP contribution < -0.4 is 0 Å². The van der Waals surface area contributed by atoms with Crippen molar-refractivity contribution < 1.29 is 14.1 Å². The van der Waals surface area contributed by atoms with Crippen molar-refractivity contribution >= 4 is 5.91 Å². The monoisotopic (exact) mass is 300 g/mol. The van der Waals surface area contributed by atoms with Crippen molar-refractivity contribution in [1.29, 1.82) is 0 Å². The topological polar surface area (TPSA) is 55.6 Å². The van der Waals surface area contributed by atoms with Gasteiger partial charge in [0.05, 0.1) is 0 Å². The molecule has 0 N–H and O–H groups in total. The quantitative estimate of drug-likeness (QED) is 0.851. The average Bonchev–Trinajstić information content (AvgIpc) is 3.18. The van der Waals surface area contributed by atoms with Gasteiger partial charge in [0.1, 0.15) is 6.61 Å². The lowest BCUT2D eigenvalue weighted by Crippen LogP contribution is -2.29. The maximum Gasteiger partial charge on any atom is 0.276 e. The summed E-state index contributed by atoms with van der Waals surface area (Å²) in [5.41, 5.74) is 1.69. The lowest BCUT2D eigenvalue weighted by Gasteiger charge is -2.14. The Kier molecular flexibility index (Phi) is 4.53. The van der Waals surface area contributed by atoms with E-state index in [4.69, 9.17) is 9.26 Å². The first-order valence-corrected chi connectivity index (χ1v) is 7.54. The van der Waals surface area contributed by atoms with Crippen LogP contribution in [0.1, 0.15) is 28.2 Å². The number of methoxy groups -OCH3 is 1.